The molecule has 0 saturated heterocycles. The molecule has 0 saturated carbocycles. The largest absolute Gasteiger partial charge is 0.418 e. The molecule has 0 aliphatic rings. The maximum atomic E-state index is 14.2. The van der Waals surface area contributed by atoms with Crippen LogP contribution in [0.5, 0.6) is 5.88 Å². The van der Waals surface area contributed by atoms with Crippen LogP contribution in [0.3, 0.4) is 0 Å². The van der Waals surface area contributed by atoms with Crippen LogP contribution in [-0.2, 0) is 9.84 Å². The summed E-state index contributed by atoms with van der Waals surface area (Å²) >= 11 is 1.13. The summed E-state index contributed by atoms with van der Waals surface area (Å²) < 4.78 is 42.9. The first kappa shape index (κ1) is 20.7. The minimum atomic E-state index is -3.52. The van der Waals surface area contributed by atoms with Crippen LogP contribution < -0.4 is 15.4 Å². The number of rotatable bonds is 5. The topological polar surface area (TPSA) is 110 Å². The number of aryl methyl sites for hydroxylation is 2. The molecule has 29 heavy (non-hydrogen) atoms. The minimum absolute atomic E-state index is 0.0455. The van der Waals surface area contributed by atoms with E-state index in [-0.39, 0.29) is 21.5 Å². The molecule has 0 spiro atoms. The number of nitrogens with zero attached hydrogens (tertiary/aromatic N) is 2. The van der Waals surface area contributed by atoms with Gasteiger partial charge < -0.3 is 10.1 Å². The van der Waals surface area contributed by atoms with E-state index in [4.69, 9.17) is 4.74 Å². The summed E-state index contributed by atoms with van der Waals surface area (Å²) in [5.74, 6) is -0.717. The predicted molar refractivity (Wildman–Crippen MR) is 108 cm³/mol. The Morgan fingerprint density at radius 3 is 2.66 bits per heavy atom. The molecule has 8 nitrogen and oxygen atoms in total. The van der Waals surface area contributed by atoms with Crippen molar-refractivity contribution in [1.82, 2.24) is 9.97 Å². The molecule has 11 heteroatoms. The first-order chi connectivity index (χ1) is 13.6. The van der Waals surface area contributed by atoms with Crippen molar-refractivity contribution in [3.05, 3.63) is 53.0 Å². The fourth-order valence-corrected chi connectivity index (χ4v) is 3.77. The summed E-state index contributed by atoms with van der Waals surface area (Å²) in [7, 11) is -3.52. The fourth-order valence-electron chi connectivity index (χ4n) is 2.36. The van der Waals surface area contributed by atoms with Gasteiger partial charge in [-0.15, -0.1) is 0 Å². The number of thiazole rings is 1. The van der Waals surface area contributed by atoms with Crippen LogP contribution >= 0.6 is 11.3 Å². The highest BCUT2D eigenvalue weighted by Gasteiger charge is 2.18. The van der Waals surface area contributed by atoms with Crippen molar-refractivity contribution in [2.24, 2.45) is 0 Å². The van der Waals surface area contributed by atoms with Gasteiger partial charge in [-0.25, -0.2) is 22.6 Å². The summed E-state index contributed by atoms with van der Waals surface area (Å²) in [6.07, 6.45) is 1.79. The molecule has 1 amide bonds. The SMILES string of the molecule is Cc1cc(NC(=O)Oc2nc(C)sc2Nc2cc(S(C)(=O)=O)ccc2F)ccn1. The van der Waals surface area contributed by atoms with Gasteiger partial charge in [0.15, 0.2) is 14.8 Å². The van der Waals surface area contributed by atoms with Crippen molar-refractivity contribution in [3.63, 3.8) is 0 Å². The number of hydrogen-bond donors (Lipinski definition) is 2. The number of amides is 1. The normalized spacial score (nSPS) is 11.2. The van der Waals surface area contributed by atoms with E-state index < -0.39 is 21.7 Å². The summed E-state index contributed by atoms with van der Waals surface area (Å²) in [6, 6.07) is 6.66. The zero-order chi connectivity index (χ0) is 21.2. The molecule has 0 atom stereocenters. The van der Waals surface area contributed by atoms with Crippen molar-refractivity contribution in [2.45, 2.75) is 18.7 Å². The Hall–Kier alpha value is -3.05. The molecule has 0 radical (unpaired) electrons. The molecule has 2 aromatic heterocycles. The van der Waals surface area contributed by atoms with E-state index >= 15 is 0 Å². The van der Waals surface area contributed by atoms with Crippen LogP contribution in [0.15, 0.2) is 41.4 Å². The van der Waals surface area contributed by atoms with E-state index in [0.29, 0.717) is 10.7 Å². The fraction of sp³-hybridized carbons (Fsp3) is 0.167. The second-order valence-electron chi connectivity index (χ2n) is 6.11. The molecule has 3 aromatic rings. The van der Waals surface area contributed by atoms with Crippen LogP contribution in [0.1, 0.15) is 10.7 Å². The standard InChI is InChI=1S/C18H17FN4O4S2/c1-10-8-12(6-7-20-10)22-18(24)27-16-17(28-11(2)21-16)23-15-9-13(29(3,25)26)4-5-14(15)19/h4-9,23H,1-3H3,(H,20,22,24). The van der Waals surface area contributed by atoms with Gasteiger partial charge in [-0.05, 0) is 44.2 Å². The van der Waals surface area contributed by atoms with E-state index in [1.54, 1.807) is 32.2 Å². The second-order valence-corrected chi connectivity index (χ2v) is 9.33. The summed E-state index contributed by atoms with van der Waals surface area (Å²) in [5.41, 5.74) is 1.14. The monoisotopic (exact) mass is 436 g/mol. The Balaban J connectivity index is 1.82. The number of hydrogen-bond acceptors (Lipinski definition) is 8. The van der Waals surface area contributed by atoms with Gasteiger partial charge in [-0.2, -0.15) is 0 Å². The van der Waals surface area contributed by atoms with Crippen LogP contribution in [0.25, 0.3) is 0 Å². The average molecular weight is 436 g/mol. The van der Waals surface area contributed by atoms with Gasteiger partial charge in [0.05, 0.1) is 15.6 Å². The number of anilines is 3. The Labute approximate surface area is 170 Å². The number of nitrogens with one attached hydrogen (secondary N) is 2. The van der Waals surface area contributed by atoms with Gasteiger partial charge in [-0.3, -0.25) is 10.3 Å². The lowest BCUT2D eigenvalue weighted by atomic mass is 10.3. The van der Waals surface area contributed by atoms with Crippen molar-refractivity contribution in [1.29, 1.82) is 0 Å². The highest BCUT2D eigenvalue weighted by atomic mass is 32.2. The van der Waals surface area contributed by atoms with E-state index in [1.807, 2.05) is 0 Å². The first-order valence-corrected chi connectivity index (χ1v) is 11.0. The molecule has 2 N–H and O–H groups in total. The van der Waals surface area contributed by atoms with Crippen LogP contribution in [0.4, 0.5) is 25.6 Å². The van der Waals surface area contributed by atoms with Crippen molar-refractivity contribution in [2.75, 3.05) is 16.9 Å². The second kappa shape index (κ2) is 8.13. The number of carbonyl (C=O) groups is 1. The lowest BCUT2D eigenvalue weighted by molar-refractivity contribution is 0.214. The smallest absolute Gasteiger partial charge is 0.388 e. The molecular formula is C18H17FN4O4S2. The van der Waals surface area contributed by atoms with Crippen LogP contribution in [-0.4, -0.2) is 30.7 Å². The van der Waals surface area contributed by atoms with Gasteiger partial charge in [0.1, 0.15) is 5.82 Å². The maximum Gasteiger partial charge on any atom is 0.418 e. The molecule has 0 aliphatic carbocycles. The molecular weight excluding hydrogens is 419 g/mol. The molecule has 2 heterocycles. The molecule has 1 aromatic carbocycles. The Kier molecular flexibility index (Phi) is 5.80. The average Bonchev–Trinajstić information content (AvgIpc) is 2.94. The van der Waals surface area contributed by atoms with Gasteiger partial charge in [0.25, 0.3) is 5.88 Å². The quantitative estimate of drug-likeness (QED) is 0.581. The third-order valence-corrected chi connectivity index (χ3v) is 5.63. The third kappa shape index (κ3) is 5.27. The van der Waals surface area contributed by atoms with E-state index in [2.05, 4.69) is 20.6 Å². The number of ether oxygens (including phenoxy) is 1. The molecule has 0 fully saturated rings. The lowest BCUT2D eigenvalue weighted by Crippen LogP contribution is -2.17. The van der Waals surface area contributed by atoms with Crippen molar-refractivity contribution < 1.29 is 22.3 Å². The van der Waals surface area contributed by atoms with E-state index in [1.165, 1.54) is 12.1 Å². The first-order valence-electron chi connectivity index (χ1n) is 8.27. The van der Waals surface area contributed by atoms with E-state index in [0.717, 1.165) is 29.4 Å². The Morgan fingerprint density at radius 1 is 1.21 bits per heavy atom. The van der Waals surface area contributed by atoms with Crippen molar-refractivity contribution in [3.8, 4) is 5.88 Å². The van der Waals surface area contributed by atoms with Gasteiger partial charge in [-0.1, -0.05) is 11.3 Å². The summed E-state index contributed by atoms with van der Waals surface area (Å²) in [4.78, 5) is 20.3. The number of halogens is 1. The Bertz CT molecular complexity index is 1180. The highest BCUT2D eigenvalue weighted by Crippen LogP contribution is 2.35. The number of aromatic nitrogens is 2. The van der Waals surface area contributed by atoms with Crippen molar-refractivity contribution >= 4 is 43.6 Å². The number of sulfone groups is 1. The molecule has 0 aliphatic heterocycles. The molecule has 3 rings (SSSR count). The minimum Gasteiger partial charge on any atom is -0.388 e. The lowest BCUT2D eigenvalue weighted by Gasteiger charge is -2.10. The zero-order valence-corrected chi connectivity index (χ0v) is 17.3. The highest BCUT2D eigenvalue weighted by molar-refractivity contribution is 7.90. The van der Waals surface area contributed by atoms with Gasteiger partial charge in [0.2, 0.25) is 0 Å². The number of benzene rings is 1. The van der Waals surface area contributed by atoms with Crippen LogP contribution in [0.2, 0.25) is 0 Å². The Morgan fingerprint density at radius 2 is 1.97 bits per heavy atom. The molecule has 0 unspecified atom stereocenters. The summed E-state index contributed by atoms with van der Waals surface area (Å²) in [5, 5.41) is 6.13. The van der Waals surface area contributed by atoms with Gasteiger partial charge >= 0.3 is 6.09 Å². The van der Waals surface area contributed by atoms with E-state index in [9.17, 15) is 17.6 Å². The van der Waals surface area contributed by atoms with Gasteiger partial charge in [0, 0.05) is 23.8 Å². The number of carbonyl (C=O) groups excluding carboxylic acids is 1. The predicted octanol–water partition coefficient (Wildman–Crippen LogP) is 4.05. The molecule has 0 bridgehead atoms. The zero-order valence-electron chi connectivity index (χ0n) is 15.7. The third-order valence-electron chi connectivity index (χ3n) is 3.65. The summed E-state index contributed by atoms with van der Waals surface area (Å²) in [6.45, 7) is 3.47. The number of pyridine rings is 1. The van der Waals surface area contributed by atoms with Crippen LogP contribution in [0, 0.1) is 19.7 Å². The molecule has 152 valence electrons. The maximum absolute atomic E-state index is 14.2.